The second-order valence-corrected chi connectivity index (χ2v) is 7.04. The summed E-state index contributed by atoms with van der Waals surface area (Å²) in [6, 6.07) is 6.47. The molecule has 1 fully saturated rings. The molecule has 1 aromatic carbocycles. The highest BCUT2D eigenvalue weighted by Gasteiger charge is 2.29. The fourth-order valence-electron chi connectivity index (χ4n) is 3.87. The molecule has 7 nitrogen and oxygen atoms in total. The van der Waals surface area contributed by atoms with E-state index in [1.54, 1.807) is 12.1 Å². The molecule has 2 aliphatic rings. The molecule has 0 bridgehead atoms. The molecule has 2 aliphatic heterocycles. The number of hydrogen-bond donors (Lipinski definition) is 0. The van der Waals surface area contributed by atoms with E-state index in [1.807, 2.05) is 0 Å². The Morgan fingerprint density at radius 2 is 2.22 bits per heavy atom. The zero-order chi connectivity index (χ0) is 18.4. The first kappa shape index (κ1) is 16.4. The van der Waals surface area contributed by atoms with E-state index in [1.165, 1.54) is 16.8 Å². The van der Waals surface area contributed by atoms with Crippen molar-refractivity contribution in [3.05, 3.63) is 51.7 Å². The van der Waals surface area contributed by atoms with Crippen LogP contribution in [0.2, 0.25) is 0 Å². The lowest BCUT2D eigenvalue weighted by atomic mass is 10.1. The normalized spacial score (nSPS) is 19.6. The van der Waals surface area contributed by atoms with E-state index < -0.39 is 0 Å². The fourth-order valence-corrected chi connectivity index (χ4v) is 3.87. The van der Waals surface area contributed by atoms with Gasteiger partial charge in [0.2, 0.25) is 0 Å². The number of hydrogen-bond acceptors (Lipinski definition) is 6. The van der Waals surface area contributed by atoms with Crippen molar-refractivity contribution in [1.82, 2.24) is 14.8 Å². The van der Waals surface area contributed by atoms with Gasteiger partial charge in [-0.05, 0) is 25.0 Å². The van der Waals surface area contributed by atoms with Crippen LogP contribution in [0.3, 0.4) is 0 Å². The second kappa shape index (κ2) is 6.45. The summed E-state index contributed by atoms with van der Waals surface area (Å²) in [5, 5.41) is 4.56. The van der Waals surface area contributed by atoms with Crippen LogP contribution in [-0.2, 0) is 24.3 Å². The highest BCUT2D eigenvalue weighted by Crippen LogP contribution is 2.29. The highest BCUT2D eigenvalue weighted by atomic mass is 19.1. The molecule has 0 saturated carbocycles. The van der Waals surface area contributed by atoms with Crippen molar-refractivity contribution in [2.45, 2.75) is 38.5 Å². The Labute approximate surface area is 154 Å². The van der Waals surface area contributed by atoms with Crippen LogP contribution in [0.15, 0.2) is 33.5 Å². The monoisotopic (exact) mass is 370 g/mol. The van der Waals surface area contributed by atoms with Crippen molar-refractivity contribution >= 4 is 17.1 Å². The summed E-state index contributed by atoms with van der Waals surface area (Å²) in [6.45, 7) is 2.34. The van der Waals surface area contributed by atoms with E-state index >= 15 is 0 Å². The fraction of sp³-hybridized carbons (Fsp3) is 0.421. The van der Waals surface area contributed by atoms with Gasteiger partial charge in [0.25, 0.3) is 11.6 Å². The predicted octanol–water partition coefficient (Wildman–Crippen LogP) is 2.27. The number of benzene rings is 1. The van der Waals surface area contributed by atoms with Crippen molar-refractivity contribution in [3.63, 3.8) is 0 Å². The molecule has 0 radical (unpaired) electrons. The van der Waals surface area contributed by atoms with Gasteiger partial charge in [-0.15, -0.1) is 0 Å². The minimum atomic E-state index is -0.339. The van der Waals surface area contributed by atoms with E-state index in [4.69, 9.17) is 9.15 Å². The second-order valence-electron chi connectivity index (χ2n) is 7.04. The summed E-state index contributed by atoms with van der Waals surface area (Å²) in [5.41, 5.74) is 2.75. The summed E-state index contributed by atoms with van der Waals surface area (Å²) in [5.74, 6) is -0.339. The van der Waals surface area contributed by atoms with Gasteiger partial charge in [-0.2, -0.15) is 10.1 Å². The molecule has 1 saturated heterocycles. The van der Waals surface area contributed by atoms with Crippen LogP contribution in [0.5, 0.6) is 0 Å². The predicted molar refractivity (Wildman–Crippen MR) is 96.2 cm³/mol. The zero-order valence-corrected chi connectivity index (χ0v) is 14.7. The van der Waals surface area contributed by atoms with Crippen LogP contribution >= 0.6 is 0 Å². The topological polar surface area (TPSA) is 73.4 Å². The maximum absolute atomic E-state index is 13.4. The van der Waals surface area contributed by atoms with Crippen molar-refractivity contribution in [2.24, 2.45) is 0 Å². The largest absolute Gasteiger partial charge is 0.423 e. The van der Waals surface area contributed by atoms with Gasteiger partial charge in [-0.25, -0.2) is 9.07 Å². The third-order valence-electron chi connectivity index (χ3n) is 5.25. The minimum Gasteiger partial charge on any atom is -0.423 e. The van der Waals surface area contributed by atoms with Gasteiger partial charge in [0.1, 0.15) is 11.3 Å². The van der Waals surface area contributed by atoms with Gasteiger partial charge in [0, 0.05) is 30.7 Å². The molecule has 0 amide bonds. The Morgan fingerprint density at radius 1 is 1.30 bits per heavy atom. The van der Waals surface area contributed by atoms with Crippen molar-refractivity contribution in [1.29, 1.82) is 0 Å². The summed E-state index contributed by atoms with van der Waals surface area (Å²) in [4.78, 5) is 18.9. The Morgan fingerprint density at radius 3 is 3.15 bits per heavy atom. The molecular formula is C19H19FN4O3. The Balaban J connectivity index is 1.43. The minimum absolute atomic E-state index is 0.0611. The zero-order valence-electron chi connectivity index (χ0n) is 14.7. The van der Waals surface area contributed by atoms with Crippen molar-refractivity contribution in [2.75, 3.05) is 18.1 Å². The highest BCUT2D eigenvalue weighted by molar-refractivity contribution is 5.74. The summed E-state index contributed by atoms with van der Waals surface area (Å²) in [7, 11) is 0. The maximum Gasteiger partial charge on any atom is 0.298 e. The third-order valence-corrected chi connectivity index (χ3v) is 5.25. The molecule has 0 aliphatic carbocycles. The Bertz CT molecular complexity index is 1060. The van der Waals surface area contributed by atoms with Crippen LogP contribution in [0.1, 0.15) is 24.1 Å². The van der Waals surface area contributed by atoms with E-state index in [-0.39, 0.29) is 17.4 Å². The van der Waals surface area contributed by atoms with Gasteiger partial charge in [0.15, 0.2) is 5.58 Å². The Hall–Kier alpha value is -2.74. The molecule has 27 heavy (non-hydrogen) atoms. The van der Waals surface area contributed by atoms with E-state index in [0.717, 1.165) is 37.1 Å². The molecule has 2 aromatic heterocycles. The first-order chi connectivity index (χ1) is 13.2. The SMILES string of the molecule is O=c1cc2c(nn1CC1CCCN1c1nc3cc(F)ccc3o1)CCOC2. The molecule has 8 heteroatoms. The van der Waals surface area contributed by atoms with E-state index in [0.29, 0.717) is 36.9 Å². The number of ether oxygens (including phenoxy) is 1. The standard InChI is InChI=1S/C19H19FN4O3/c20-13-3-4-17-16(9-13)21-19(27-17)23-6-1-2-14(23)10-24-18(25)8-12-11-26-7-5-15(12)22-24/h3-4,8-9,14H,1-2,5-7,10-11H2. The van der Waals surface area contributed by atoms with Crippen molar-refractivity contribution in [3.8, 4) is 0 Å². The van der Waals surface area contributed by atoms with Crippen LogP contribution in [0.4, 0.5) is 10.4 Å². The molecule has 5 rings (SSSR count). The molecule has 3 aromatic rings. The third kappa shape index (κ3) is 2.99. The first-order valence-electron chi connectivity index (χ1n) is 9.18. The quantitative estimate of drug-likeness (QED) is 0.704. The van der Waals surface area contributed by atoms with Gasteiger partial charge >= 0.3 is 0 Å². The Kier molecular flexibility index (Phi) is 3.93. The van der Waals surface area contributed by atoms with Crippen LogP contribution in [0, 0.1) is 5.82 Å². The molecule has 0 N–H and O–H groups in total. The molecule has 0 spiro atoms. The lowest BCUT2D eigenvalue weighted by molar-refractivity contribution is 0.108. The van der Waals surface area contributed by atoms with Crippen LogP contribution in [-0.4, -0.2) is 34.0 Å². The molecule has 4 heterocycles. The number of anilines is 1. The molecular weight excluding hydrogens is 351 g/mol. The number of oxazole rings is 1. The average molecular weight is 370 g/mol. The van der Waals surface area contributed by atoms with Crippen LogP contribution in [0.25, 0.3) is 11.1 Å². The van der Waals surface area contributed by atoms with Gasteiger partial charge in [-0.1, -0.05) is 0 Å². The van der Waals surface area contributed by atoms with Gasteiger partial charge in [0.05, 0.1) is 31.5 Å². The molecule has 1 unspecified atom stereocenters. The number of nitrogens with zero attached hydrogens (tertiary/aromatic N) is 4. The molecule has 140 valence electrons. The summed E-state index contributed by atoms with van der Waals surface area (Å²) < 4.78 is 26.2. The lowest BCUT2D eigenvalue weighted by Crippen LogP contribution is -2.38. The summed E-state index contributed by atoms with van der Waals surface area (Å²) in [6.07, 6.45) is 2.62. The number of rotatable bonds is 3. The van der Waals surface area contributed by atoms with Crippen LogP contribution < -0.4 is 10.5 Å². The lowest BCUT2D eigenvalue weighted by Gasteiger charge is -2.24. The molecule has 1 atom stereocenters. The number of fused-ring (bicyclic) bond motifs is 2. The number of aromatic nitrogens is 3. The van der Waals surface area contributed by atoms with Gasteiger partial charge < -0.3 is 14.1 Å². The number of halogens is 1. The van der Waals surface area contributed by atoms with E-state index in [9.17, 15) is 9.18 Å². The van der Waals surface area contributed by atoms with Crippen molar-refractivity contribution < 1.29 is 13.5 Å². The first-order valence-corrected chi connectivity index (χ1v) is 9.18. The maximum atomic E-state index is 13.4. The van der Waals surface area contributed by atoms with Gasteiger partial charge in [-0.3, -0.25) is 4.79 Å². The smallest absolute Gasteiger partial charge is 0.298 e. The van der Waals surface area contributed by atoms with E-state index in [2.05, 4.69) is 15.0 Å². The summed E-state index contributed by atoms with van der Waals surface area (Å²) >= 11 is 0. The average Bonchev–Trinajstić information content (AvgIpc) is 3.28.